The SMILES string of the molecule is CC(C)c1ccc(N2C(=O)C3C(C2=O)C2C(=O)N(C(C)C)C(=O)C32)cc1. The van der Waals surface area contributed by atoms with Gasteiger partial charge in [0.25, 0.3) is 0 Å². The first-order chi connectivity index (χ1) is 12.3. The molecule has 4 amide bonds. The molecule has 0 radical (unpaired) electrons. The van der Waals surface area contributed by atoms with Gasteiger partial charge in [0.15, 0.2) is 0 Å². The summed E-state index contributed by atoms with van der Waals surface area (Å²) in [5, 5.41) is 0. The van der Waals surface area contributed by atoms with Crippen LogP contribution >= 0.6 is 0 Å². The second-order valence-electron chi connectivity index (χ2n) is 8.00. The van der Waals surface area contributed by atoms with Gasteiger partial charge < -0.3 is 0 Å². The number of anilines is 1. The van der Waals surface area contributed by atoms with E-state index in [1.807, 2.05) is 12.1 Å². The number of imide groups is 2. The van der Waals surface area contributed by atoms with Crippen molar-refractivity contribution in [2.24, 2.45) is 23.7 Å². The summed E-state index contributed by atoms with van der Waals surface area (Å²) in [6.07, 6.45) is 0. The first kappa shape index (κ1) is 16.9. The molecule has 26 heavy (non-hydrogen) atoms. The van der Waals surface area contributed by atoms with Crippen molar-refractivity contribution in [2.45, 2.75) is 39.7 Å². The Balaban J connectivity index is 1.65. The van der Waals surface area contributed by atoms with Crippen LogP contribution in [0.4, 0.5) is 5.69 Å². The lowest BCUT2D eigenvalue weighted by atomic mass is 9.59. The van der Waals surface area contributed by atoms with E-state index < -0.39 is 23.7 Å². The van der Waals surface area contributed by atoms with Crippen LogP contribution in [0.2, 0.25) is 0 Å². The van der Waals surface area contributed by atoms with Crippen LogP contribution < -0.4 is 4.90 Å². The molecule has 3 fully saturated rings. The average Bonchev–Trinajstić information content (AvgIpc) is 2.86. The smallest absolute Gasteiger partial charge is 0.238 e. The second-order valence-corrected chi connectivity index (χ2v) is 8.00. The first-order valence-corrected chi connectivity index (χ1v) is 9.10. The van der Waals surface area contributed by atoms with Gasteiger partial charge in [-0.1, -0.05) is 26.0 Å². The topological polar surface area (TPSA) is 74.8 Å². The zero-order valence-corrected chi connectivity index (χ0v) is 15.3. The fourth-order valence-electron chi connectivity index (χ4n) is 4.59. The molecule has 1 saturated carbocycles. The Bertz CT molecular complexity index is 787. The van der Waals surface area contributed by atoms with Gasteiger partial charge in [-0.2, -0.15) is 0 Å². The van der Waals surface area contributed by atoms with Gasteiger partial charge in [-0.3, -0.25) is 29.0 Å². The maximum absolute atomic E-state index is 12.9. The molecule has 0 spiro atoms. The number of amides is 4. The first-order valence-electron chi connectivity index (χ1n) is 9.10. The molecule has 4 unspecified atom stereocenters. The van der Waals surface area contributed by atoms with Crippen LogP contribution in [0.15, 0.2) is 24.3 Å². The number of likely N-dealkylation sites (tertiary alicyclic amines) is 1. The lowest BCUT2D eigenvalue weighted by Gasteiger charge is -2.36. The molecule has 2 heterocycles. The van der Waals surface area contributed by atoms with Gasteiger partial charge >= 0.3 is 0 Å². The minimum Gasteiger partial charge on any atom is -0.280 e. The fourth-order valence-corrected chi connectivity index (χ4v) is 4.59. The van der Waals surface area contributed by atoms with E-state index in [9.17, 15) is 19.2 Å². The van der Waals surface area contributed by atoms with E-state index in [-0.39, 0.29) is 29.7 Å². The van der Waals surface area contributed by atoms with E-state index in [1.165, 1.54) is 4.90 Å². The zero-order valence-electron chi connectivity index (χ0n) is 15.3. The van der Waals surface area contributed by atoms with Crippen LogP contribution in [0, 0.1) is 23.7 Å². The normalized spacial score (nSPS) is 30.4. The van der Waals surface area contributed by atoms with Crippen molar-refractivity contribution < 1.29 is 19.2 Å². The van der Waals surface area contributed by atoms with Crippen molar-refractivity contribution in [3.63, 3.8) is 0 Å². The van der Waals surface area contributed by atoms with E-state index in [1.54, 1.807) is 26.0 Å². The van der Waals surface area contributed by atoms with Gasteiger partial charge in [0, 0.05) is 6.04 Å². The molecule has 0 aromatic heterocycles. The molecule has 4 atom stereocenters. The van der Waals surface area contributed by atoms with Gasteiger partial charge in [0.05, 0.1) is 29.4 Å². The van der Waals surface area contributed by atoms with Crippen molar-refractivity contribution in [1.82, 2.24) is 4.90 Å². The maximum atomic E-state index is 12.9. The summed E-state index contributed by atoms with van der Waals surface area (Å²) in [6, 6.07) is 7.06. The average molecular weight is 354 g/mol. The summed E-state index contributed by atoms with van der Waals surface area (Å²) < 4.78 is 0. The highest BCUT2D eigenvalue weighted by atomic mass is 16.2. The molecule has 136 valence electrons. The molecule has 2 aliphatic heterocycles. The minimum absolute atomic E-state index is 0.258. The molecule has 1 aromatic carbocycles. The summed E-state index contributed by atoms with van der Waals surface area (Å²) in [6.45, 7) is 7.67. The highest BCUT2D eigenvalue weighted by molar-refractivity contribution is 6.27. The molecule has 4 rings (SSSR count). The third-order valence-corrected chi connectivity index (χ3v) is 5.94. The number of carbonyl (C=O) groups is 4. The van der Waals surface area contributed by atoms with Crippen molar-refractivity contribution in [1.29, 1.82) is 0 Å². The number of rotatable bonds is 3. The van der Waals surface area contributed by atoms with Gasteiger partial charge in [0.2, 0.25) is 23.6 Å². The molecule has 1 aromatic rings. The Morgan fingerprint density at radius 1 is 0.692 bits per heavy atom. The molecule has 6 heteroatoms. The number of hydrogen-bond donors (Lipinski definition) is 0. The Labute approximate surface area is 152 Å². The highest BCUT2D eigenvalue weighted by Gasteiger charge is 2.73. The minimum atomic E-state index is -0.697. The standard InChI is InChI=1S/C20H22N2O4/c1-9(2)11-5-7-12(8-6-11)22-19(25)15-13-14(16(15)20(22)26)18(24)21(10(3)4)17(13)23/h5-10,13-16H,1-4H3. The molecule has 0 N–H and O–H groups in total. The van der Waals surface area contributed by atoms with E-state index in [0.29, 0.717) is 11.6 Å². The molecular weight excluding hydrogens is 332 g/mol. The predicted octanol–water partition coefficient (Wildman–Crippen LogP) is 1.94. The van der Waals surface area contributed by atoms with E-state index >= 15 is 0 Å². The third kappa shape index (κ3) is 1.98. The summed E-state index contributed by atoms with van der Waals surface area (Å²) >= 11 is 0. The van der Waals surface area contributed by atoms with Crippen molar-refractivity contribution >= 4 is 29.3 Å². The highest BCUT2D eigenvalue weighted by Crippen LogP contribution is 2.57. The van der Waals surface area contributed by atoms with Gasteiger partial charge in [-0.05, 0) is 37.5 Å². The Morgan fingerprint density at radius 2 is 1.12 bits per heavy atom. The molecular formula is C20H22N2O4. The van der Waals surface area contributed by atoms with Gasteiger partial charge in [0.1, 0.15) is 0 Å². The Hall–Kier alpha value is -2.50. The van der Waals surface area contributed by atoms with E-state index in [4.69, 9.17) is 0 Å². The van der Waals surface area contributed by atoms with Crippen molar-refractivity contribution in [2.75, 3.05) is 4.90 Å². The van der Waals surface area contributed by atoms with E-state index in [2.05, 4.69) is 13.8 Å². The summed E-state index contributed by atoms with van der Waals surface area (Å²) in [4.78, 5) is 53.4. The maximum Gasteiger partial charge on any atom is 0.238 e. The third-order valence-electron chi connectivity index (χ3n) is 5.94. The predicted molar refractivity (Wildman–Crippen MR) is 94.0 cm³/mol. The lowest BCUT2D eigenvalue weighted by Crippen LogP contribution is -2.50. The molecule has 1 aliphatic carbocycles. The second kappa shape index (κ2) is 5.50. The fraction of sp³-hybridized carbons (Fsp3) is 0.500. The van der Waals surface area contributed by atoms with Crippen LogP contribution in [0.5, 0.6) is 0 Å². The van der Waals surface area contributed by atoms with Crippen molar-refractivity contribution in [3.8, 4) is 0 Å². The molecule has 0 bridgehead atoms. The monoisotopic (exact) mass is 354 g/mol. The van der Waals surface area contributed by atoms with Crippen LogP contribution in [0.3, 0.4) is 0 Å². The van der Waals surface area contributed by atoms with Gasteiger partial charge in [-0.15, -0.1) is 0 Å². The lowest BCUT2D eigenvalue weighted by molar-refractivity contribution is -0.146. The Morgan fingerprint density at radius 3 is 1.50 bits per heavy atom. The quantitative estimate of drug-likeness (QED) is 0.778. The van der Waals surface area contributed by atoms with Crippen LogP contribution in [0.1, 0.15) is 39.2 Å². The summed E-state index contributed by atoms with van der Waals surface area (Å²) in [7, 11) is 0. The van der Waals surface area contributed by atoms with E-state index in [0.717, 1.165) is 10.5 Å². The number of carbonyl (C=O) groups excluding carboxylic acids is 4. The zero-order chi connectivity index (χ0) is 18.9. The molecule has 6 nitrogen and oxygen atoms in total. The van der Waals surface area contributed by atoms with Crippen molar-refractivity contribution in [3.05, 3.63) is 29.8 Å². The number of fused-ring (bicyclic) bond motifs is 4. The largest absolute Gasteiger partial charge is 0.280 e. The molecule has 3 aliphatic rings. The van der Waals surface area contributed by atoms with Crippen LogP contribution in [-0.2, 0) is 19.2 Å². The summed E-state index contributed by atoms with van der Waals surface area (Å²) in [5.41, 5.74) is 1.63. The molecule has 2 saturated heterocycles. The van der Waals surface area contributed by atoms with Crippen LogP contribution in [0.25, 0.3) is 0 Å². The number of benzene rings is 1. The summed E-state index contributed by atoms with van der Waals surface area (Å²) in [5.74, 6) is -3.73. The Kier molecular flexibility index (Phi) is 3.58. The van der Waals surface area contributed by atoms with Gasteiger partial charge in [-0.25, -0.2) is 0 Å². The number of hydrogen-bond acceptors (Lipinski definition) is 4. The van der Waals surface area contributed by atoms with Crippen LogP contribution in [-0.4, -0.2) is 34.6 Å². The number of nitrogens with zero attached hydrogens (tertiary/aromatic N) is 2.